The molecule has 106 valence electrons. The van der Waals surface area contributed by atoms with Crippen molar-refractivity contribution in [1.82, 2.24) is 9.97 Å². The summed E-state index contributed by atoms with van der Waals surface area (Å²) in [6.45, 7) is 5.80. The summed E-state index contributed by atoms with van der Waals surface area (Å²) >= 11 is 6.27. The van der Waals surface area contributed by atoms with Crippen molar-refractivity contribution >= 4 is 22.5 Å². The van der Waals surface area contributed by atoms with Crippen molar-refractivity contribution in [2.45, 2.75) is 20.8 Å². The van der Waals surface area contributed by atoms with Crippen LogP contribution in [0.15, 0.2) is 30.3 Å². The lowest BCUT2D eigenvalue weighted by atomic mass is 10.1. The molecule has 1 aromatic heterocycles. The molecular formula is C17H14ClFN2. The van der Waals surface area contributed by atoms with Gasteiger partial charge in [-0.3, -0.25) is 0 Å². The number of fused-ring (bicyclic) bond motifs is 1. The highest BCUT2D eigenvalue weighted by atomic mass is 35.5. The largest absolute Gasteiger partial charge is 0.227 e. The second-order valence-corrected chi connectivity index (χ2v) is 5.66. The standard InChI is InChI=1S/C17H14ClFN2/c1-9-4-5-12(14(19)8-9)17-20-15-11(3)6-10(2)7-13(15)16(18)21-17/h4-8H,1-3H3. The maximum Gasteiger partial charge on any atom is 0.164 e. The van der Waals surface area contributed by atoms with Gasteiger partial charge in [-0.25, -0.2) is 14.4 Å². The van der Waals surface area contributed by atoms with Crippen LogP contribution in [-0.4, -0.2) is 9.97 Å². The summed E-state index contributed by atoms with van der Waals surface area (Å²) in [4.78, 5) is 8.76. The topological polar surface area (TPSA) is 25.8 Å². The minimum Gasteiger partial charge on any atom is -0.227 e. The Bertz CT molecular complexity index is 859. The van der Waals surface area contributed by atoms with Crippen molar-refractivity contribution in [3.8, 4) is 11.4 Å². The van der Waals surface area contributed by atoms with Crippen LogP contribution in [0.25, 0.3) is 22.3 Å². The average Bonchev–Trinajstić information content (AvgIpc) is 2.40. The summed E-state index contributed by atoms with van der Waals surface area (Å²) in [5.41, 5.74) is 4.08. The van der Waals surface area contributed by atoms with Crippen LogP contribution < -0.4 is 0 Å². The Morgan fingerprint density at radius 3 is 2.43 bits per heavy atom. The minimum absolute atomic E-state index is 0.317. The van der Waals surface area contributed by atoms with Crippen LogP contribution in [0, 0.1) is 26.6 Å². The van der Waals surface area contributed by atoms with Crippen LogP contribution in [0.3, 0.4) is 0 Å². The maximum atomic E-state index is 14.1. The summed E-state index contributed by atoms with van der Waals surface area (Å²) in [7, 11) is 0. The summed E-state index contributed by atoms with van der Waals surface area (Å²) in [5, 5.41) is 1.15. The molecule has 3 aromatic rings. The molecule has 2 nitrogen and oxygen atoms in total. The lowest BCUT2D eigenvalue weighted by molar-refractivity contribution is 0.629. The van der Waals surface area contributed by atoms with E-state index in [0.29, 0.717) is 16.5 Å². The first-order chi connectivity index (χ1) is 9.95. The summed E-state index contributed by atoms with van der Waals surface area (Å²) in [6.07, 6.45) is 0. The van der Waals surface area contributed by atoms with Gasteiger partial charge >= 0.3 is 0 Å². The molecule has 0 aliphatic heterocycles. The van der Waals surface area contributed by atoms with E-state index in [2.05, 4.69) is 9.97 Å². The highest BCUT2D eigenvalue weighted by Gasteiger charge is 2.13. The third-order valence-corrected chi connectivity index (χ3v) is 3.74. The first-order valence-electron chi connectivity index (χ1n) is 6.67. The van der Waals surface area contributed by atoms with E-state index in [1.807, 2.05) is 39.0 Å². The molecule has 0 bridgehead atoms. The third kappa shape index (κ3) is 2.49. The second kappa shape index (κ2) is 5.08. The monoisotopic (exact) mass is 300 g/mol. The number of benzene rings is 2. The number of aromatic nitrogens is 2. The molecular weight excluding hydrogens is 287 g/mol. The molecule has 0 saturated carbocycles. The molecule has 4 heteroatoms. The molecule has 0 unspecified atom stereocenters. The molecule has 0 N–H and O–H groups in total. The van der Waals surface area contributed by atoms with Crippen LogP contribution >= 0.6 is 11.6 Å². The molecule has 3 rings (SSSR count). The van der Waals surface area contributed by atoms with Gasteiger partial charge in [0.2, 0.25) is 0 Å². The van der Waals surface area contributed by atoms with Gasteiger partial charge in [0.05, 0.1) is 11.1 Å². The van der Waals surface area contributed by atoms with Crippen LogP contribution in [0.2, 0.25) is 5.15 Å². The van der Waals surface area contributed by atoms with Gasteiger partial charge in [0.25, 0.3) is 0 Å². The van der Waals surface area contributed by atoms with E-state index < -0.39 is 0 Å². The Hall–Kier alpha value is -2.00. The fraction of sp³-hybridized carbons (Fsp3) is 0.176. The zero-order chi connectivity index (χ0) is 15.1. The smallest absolute Gasteiger partial charge is 0.164 e. The lowest BCUT2D eigenvalue weighted by Crippen LogP contribution is -1.96. The Balaban J connectivity index is 2.30. The normalized spacial score (nSPS) is 11.1. The molecule has 0 spiro atoms. The molecule has 0 amide bonds. The molecule has 0 aliphatic rings. The van der Waals surface area contributed by atoms with E-state index in [9.17, 15) is 4.39 Å². The van der Waals surface area contributed by atoms with E-state index in [1.54, 1.807) is 6.07 Å². The number of nitrogens with zero attached hydrogens (tertiary/aromatic N) is 2. The van der Waals surface area contributed by atoms with Crippen LogP contribution in [-0.2, 0) is 0 Å². The van der Waals surface area contributed by atoms with Gasteiger partial charge in [0, 0.05) is 5.39 Å². The van der Waals surface area contributed by atoms with Gasteiger partial charge in [-0.2, -0.15) is 0 Å². The zero-order valence-corrected chi connectivity index (χ0v) is 12.8. The predicted molar refractivity (Wildman–Crippen MR) is 84.2 cm³/mol. The SMILES string of the molecule is Cc1ccc(-c2nc(Cl)c3cc(C)cc(C)c3n2)c(F)c1. The van der Waals surface area contributed by atoms with Crippen molar-refractivity contribution in [3.63, 3.8) is 0 Å². The molecule has 21 heavy (non-hydrogen) atoms. The minimum atomic E-state index is -0.338. The highest BCUT2D eigenvalue weighted by molar-refractivity contribution is 6.34. The maximum absolute atomic E-state index is 14.1. The van der Waals surface area contributed by atoms with E-state index in [-0.39, 0.29) is 5.82 Å². The van der Waals surface area contributed by atoms with E-state index >= 15 is 0 Å². The summed E-state index contributed by atoms with van der Waals surface area (Å²) in [6, 6.07) is 8.97. The van der Waals surface area contributed by atoms with E-state index in [4.69, 9.17) is 11.6 Å². The van der Waals surface area contributed by atoms with Crippen LogP contribution in [0.4, 0.5) is 4.39 Å². The van der Waals surface area contributed by atoms with Crippen LogP contribution in [0.5, 0.6) is 0 Å². The quantitative estimate of drug-likeness (QED) is 0.590. The third-order valence-electron chi connectivity index (χ3n) is 3.45. The predicted octanol–water partition coefficient (Wildman–Crippen LogP) is 5.01. The number of aryl methyl sites for hydroxylation is 3. The Kier molecular flexibility index (Phi) is 3.38. The molecule has 0 saturated heterocycles. The highest BCUT2D eigenvalue weighted by Crippen LogP contribution is 2.29. The zero-order valence-electron chi connectivity index (χ0n) is 12.0. The molecule has 0 radical (unpaired) electrons. The van der Waals surface area contributed by atoms with Gasteiger partial charge in [-0.05, 0) is 50.1 Å². The summed E-state index contributed by atoms with van der Waals surface area (Å²) in [5.74, 6) is -0.0212. The van der Waals surface area contributed by atoms with Crippen molar-refractivity contribution in [3.05, 3.63) is 58.0 Å². The van der Waals surface area contributed by atoms with Crippen molar-refractivity contribution in [2.75, 3.05) is 0 Å². The fourth-order valence-electron chi connectivity index (χ4n) is 2.47. The van der Waals surface area contributed by atoms with Crippen LogP contribution in [0.1, 0.15) is 16.7 Å². The molecule has 2 aromatic carbocycles. The van der Waals surface area contributed by atoms with Gasteiger partial charge in [0.15, 0.2) is 5.82 Å². The number of rotatable bonds is 1. The van der Waals surface area contributed by atoms with Crippen molar-refractivity contribution in [1.29, 1.82) is 0 Å². The second-order valence-electron chi connectivity index (χ2n) is 5.30. The molecule has 1 heterocycles. The molecule has 0 aliphatic carbocycles. The number of hydrogen-bond acceptors (Lipinski definition) is 2. The summed E-state index contributed by atoms with van der Waals surface area (Å²) < 4.78 is 14.1. The van der Waals surface area contributed by atoms with Gasteiger partial charge < -0.3 is 0 Å². The molecule has 0 fully saturated rings. The van der Waals surface area contributed by atoms with Crippen molar-refractivity contribution < 1.29 is 4.39 Å². The molecule has 0 atom stereocenters. The fourth-order valence-corrected chi connectivity index (χ4v) is 2.70. The number of halogens is 2. The van der Waals surface area contributed by atoms with Crippen molar-refractivity contribution in [2.24, 2.45) is 0 Å². The van der Waals surface area contributed by atoms with Gasteiger partial charge in [-0.15, -0.1) is 0 Å². The van der Waals surface area contributed by atoms with E-state index in [0.717, 1.165) is 27.6 Å². The Morgan fingerprint density at radius 2 is 1.71 bits per heavy atom. The first kappa shape index (κ1) is 14.0. The number of hydrogen-bond donors (Lipinski definition) is 0. The first-order valence-corrected chi connectivity index (χ1v) is 7.04. The Morgan fingerprint density at radius 1 is 0.952 bits per heavy atom. The Labute approximate surface area is 127 Å². The van der Waals surface area contributed by atoms with Gasteiger partial charge in [0.1, 0.15) is 11.0 Å². The lowest BCUT2D eigenvalue weighted by Gasteiger charge is -2.09. The van der Waals surface area contributed by atoms with E-state index in [1.165, 1.54) is 6.07 Å². The average molecular weight is 301 g/mol. The van der Waals surface area contributed by atoms with Gasteiger partial charge in [-0.1, -0.05) is 29.3 Å².